The van der Waals surface area contributed by atoms with Crippen LogP contribution < -0.4 is 15.6 Å². The van der Waals surface area contributed by atoms with Crippen molar-refractivity contribution in [1.29, 1.82) is 0 Å². The lowest BCUT2D eigenvalue weighted by molar-refractivity contribution is 0.0968. The summed E-state index contributed by atoms with van der Waals surface area (Å²) < 4.78 is 7.00. The molecular weight excluding hydrogens is 362 g/mol. The summed E-state index contributed by atoms with van der Waals surface area (Å²) >= 11 is 5.50. The van der Waals surface area contributed by atoms with Gasteiger partial charge < -0.3 is 14.2 Å². The quantitative estimate of drug-likeness (QED) is 0.804. The van der Waals surface area contributed by atoms with Crippen LogP contribution in [0.25, 0.3) is 0 Å². The van der Waals surface area contributed by atoms with E-state index in [9.17, 15) is 9.59 Å². The number of piperidine rings is 1. The summed E-state index contributed by atoms with van der Waals surface area (Å²) in [6.45, 7) is 2.16. The number of pyridine rings is 1. The number of ether oxygens (including phenoxy) is 1. The van der Waals surface area contributed by atoms with E-state index < -0.39 is 0 Å². The fraction of sp³-hybridized carbons (Fsp3) is 0.350. The molecule has 2 aliphatic rings. The van der Waals surface area contributed by atoms with E-state index in [1.165, 1.54) is 0 Å². The van der Waals surface area contributed by atoms with Gasteiger partial charge in [0.2, 0.25) is 0 Å². The molecule has 7 heteroatoms. The van der Waals surface area contributed by atoms with E-state index in [4.69, 9.17) is 17.0 Å². The molecule has 1 saturated heterocycles. The number of carbonyl (C=O) groups excluding carboxylic acids is 1. The van der Waals surface area contributed by atoms with Gasteiger partial charge in [0.1, 0.15) is 5.75 Å². The van der Waals surface area contributed by atoms with Crippen LogP contribution in [0.5, 0.6) is 5.75 Å². The fourth-order valence-electron chi connectivity index (χ4n) is 4.05. The van der Waals surface area contributed by atoms with Crippen LogP contribution >= 0.6 is 12.2 Å². The smallest absolute Gasteiger partial charge is 0.257 e. The number of hydrogen-bond acceptors (Lipinski definition) is 4. The number of amides is 1. The molecule has 1 amide bonds. The Morgan fingerprint density at radius 3 is 2.67 bits per heavy atom. The number of nitrogens with zero attached hydrogens (tertiary/aromatic N) is 2. The first-order valence-electron chi connectivity index (χ1n) is 8.99. The Labute approximate surface area is 162 Å². The number of methoxy groups -OCH3 is 1. The molecule has 2 bridgehead atoms. The third-order valence-corrected chi connectivity index (χ3v) is 5.70. The lowest BCUT2D eigenvalue weighted by Crippen LogP contribution is -2.52. The van der Waals surface area contributed by atoms with E-state index in [-0.39, 0.29) is 17.4 Å². The highest BCUT2D eigenvalue weighted by Gasteiger charge is 2.35. The lowest BCUT2D eigenvalue weighted by Gasteiger charge is -2.43. The second-order valence-electron chi connectivity index (χ2n) is 7.09. The van der Waals surface area contributed by atoms with Crippen molar-refractivity contribution < 1.29 is 9.53 Å². The first-order valence-corrected chi connectivity index (χ1v) is 9.40. The molecule has 0 saturated carbocycles. The number of likely N-dealkylation sites (tertiary alicyclic amines) is 1. The highest BCUT2D eigenvalue weighted by molar-refractivity contribution is 7.80. The van der Waals surface area contributed by atoms with Gasteiger partial charge in [0.05, 0.1) is 7.11 Å². The number of fused-ring (bicyclic) bond motifs is 4. The van der Waals surface area contributed by atoms with Crippen molar-refractivity contribution in [1.82, 2.24) is 14.8 Å². The van der Waals surface area contributed by atoms with Gasteiger partial charge in [0.25, 0.3) is 11.5 Å². The zero-order valence-corrected chi connectivity index (χ0v) is 15.9. The number of hydrogen-bond donors (Lipinski definition) is 1. The van der Waals surface area contributed by atoms with Gasteiger partial charge in [-0.15, -0.1) is 0 Å². The van der Waals surface area contributed by atoms with Crippen LogP contribution in [0, 0.1) is 5.92 Å². The molecule has 1 fully saturated rings. The average molecular weight is 383 g/mol. The zero-order chi connectivity index (χ0) is 19.0. The van der Waals surface area contributed by atoms with Gasteiger partial charge in [-0.3, -0.25) is 14.9 Å². The summed E-state index contributed by atoms with van der Waals surface area (Å²) in [7, 11) is 1.59. The molecule has 2 aromatic rings. The maximum absolute atomic E-state index is 12.5. The zero-order valence-electron chi connectivity index (χ0n) is 15.1. The summed E-state index contributed by atoms with van der Waals surface area (Å²) in [6, 6.07) is 12.4. The van der Waals surface area contributed by atoms with Gasteiger partial charge in [-0.25, -0.2) is 0 Å². The summed E-state index contributed by atoms with van der Waals surface area (Å²) in [5.74, 6) is 1.08. The van der Waals surface area contributed by atoms with E-state index in [2.05, 4.69) is 10.2 Å². The average Bonchev–Trinajstić information content (AvgIpc) is 2.68. The minimum atomic E-state index is -0.227. The Balaban J connectivity index is 1.46. The summed E-state index contributed by atoms with van der Waals surface area (Å²) in [5, 5.41) is 3.28. The SMILES string of the molecule is COc1ccc(C(=O)NC(=S)N2CC3C[C@@H](C2)Cn2c3cccc2=O)cc1. The number of thiocarbonyl (C=S) groups is 1. The highest BCUT2D eigenvalue weighted by Crippen LogP contribution is 2.34. The molecule has 1 N–H and O–H groups in total. The summed E-state index contributed by atoms with van der Waals surface area (Å²) in [6.07, 6.45) is 1.05. The predicted molar refractivity (Wildman–Crippen MR) is 106 cm³/mol. The van der Waals surface area contributed by atoms with Crippen LogP contribution in [0.2, 0.25) is 0 Å². The predicted octanol–water partition coefficient (Wildman–Crippen LogP) is 1.99. The van der Waals surface area contributed by atoms with Crippen molar-refractivity contribution in [3.8, 4) is 5.75 Å². The largest absolute Gasteiger partial charge is 0.497 e. The van der Waals surface area contributed by atoms with Gasteiger partial charge in [0.15, 0.2) is 5.11 Å². The fourth-order valence-corrected chi connectivity index (χ4v) is 4.29. The van der Waals surface area contributed by atoms with E-state index in [0.717, 1.165) is 18.7 Å². The summed E-state index contributed by atoms with van der Waals surface area (Å²) in [5.41, 5.74) is 1.66. The topological polar surface area (TPSA) is 63.6 Å². The van der Waals surface area contributed by atoms with Crippen molar-refractivity contribution in [2.45, 2.75) is 18.9 Å². The Morgan fingerprint density at radius 1 is 1.15 bits per heavy atom. The number of aromatic nitrogens is 1. The molecule has 0 spiro atoms. The minimum absolute atomic E-state index is 0.0611. The summed E-state index contributed by atoms with van der Waals surface area (Å²) in [4.78, 5) is 26.6. The number of benzene rings is 1. The van der Waals surface area contributed by atoms with E-state index in [1.807, 2.05) is 16.7 Å². The van der Waals surface area contributed by atoms with Crippen LogP contribution in [0.1, 0.15) is 28.4 Å². The molecule has 2 atom stereocenters. The van der Waals surface area contributed by atoms with E-state index >= 15 is 0 Å². The Bertz CT molecular complexity index is 938. The van der Waals surface area contributed by atoms with E-state index in [1.54, 1.807) is 37.4 Å². The van der Waals surface area contributed by atoms with Gasteiger partial charge >= 0.3 is 0 Å². The highest BCUT2D eigenvalue weighted by atomic mass is 32.1. The maximum Gasteiger partial charge on any atom is 0.257 e. The molecule has 4 rings (SSSR count). The first-order chi connectivity index (χ1) is 13.0. The van der Waals surface area contributed by atoms with Crippen LogP contribution in [0.15, 0.2) is 47.3 Å². The van der Waals surface area contributed by atoms with Crippen LogP contribution in [0.4, 0.5) is 0 Å². The Kier molecular flexibility index (Phi) is 4.70. The molecule has 1 unspecified atom stereocenters. The number of carbonyl (C=O) groups is 1. The van der Waals surface area contributed by atoms with Gasteiger partial charge in [-0.1, -0.05) is 6.07 Å². The molecule has 3 heterocycles. The van der Waals surface area contributed by atoms with Crippen molar-refractivity contribution in [2.24, 2.45) is 5.92 Å². The van der Waals surface area contributed by atoms with Gasteiger partial charge in [0, 0.05) is 42.9 Å². The molecule has 0 radical (unpaired) electrons. The molecule has 1 aromatic heterocycles. The maximum atomic E-state index is 12.5. The Hall–Kier alpha value is -2.67. The third-order valence-electron chi connectivity index (χ3n) is 5.34. The van der Waals surface area contributed by atoms with Crippen LogP contribution in [-0.2, 0) is 6.54 Å². The van der Waals surface area contributed by atoms with Crippen molar-refractivity contribution in [2.75, 3.05) is 20.2 Å². The van der Waals surface area contributed by atoms with Gasteiger partial charge in [-0.2, -0.15) is 0 Å². The molecule has 27 heavy (non-hydrogen) atoms. The van der Waals surface area contributed by atoms with Gasteiger partial charge in [-0.05, 0) is 54.9 Å². The molecule has 6 nitrogen and oxygen atoms in total. The third kappa shape index (κ3) is 3.47. The molecule has 2 aliphatic heterocycles. The second-order valence-corrected chi connectivity index (χ2v) is 7.48. The monoisotopic (exact) mass is 383 g/mol. The number of rotatable bonds is 2. The van der Waals surface area contributed by atoms with Crippen molar-refractivity contribution in [3.63, 3.8) is 0 Å². The molecule has 0 aliphatic carbocycles. The normalized spacial score (nSPS) is 20.6. The van der Waals surface area contributed by atoms with E-state index in [0.29, 0.717) is 35.4 Å². The molecular formula is C20H21N3O3S. The number of nitrogens with one attached hydrogen (secondary N) is 1. The first kappa shape index (κ1) is 17.7. The minimum Gasteiger partial charge on any atom is -0.497 e. The molecule has 1 aromatic carbocycles. The van der Waals surface area contributed by atoms with Crippen molar-refractivity contribution in [3.05, 3.63) is 64.1 Å². The lowest BCUT2D eigenvalue weighted by atomic mass is 9.83. The van der Waals surface area contributed by atoms with Crippen LogP contribution in [-0.4, -0.2) is 40.7 Å². The Morgan fingerprint density at radius 2 is 1.93 bits per heavy atom. The molecule has 140 valence electrons. The van der Waals surface area contributed by atoms with Crippen molar-refractivity contribution >= 4 is 23.2 Å². The van der Waals surface area contributed by atoms with Crippen LogP contribution in [0.3, 0.4) is 0 Å². The second kappa shape index (κ2) is 7.15. The standard InChI is InChI=1S/C20H21N3O3S/c1-26-16-7-5-14(6-8-16)19(25)21-20(27)22-10-13-9-15(12-22)17-3-2-4-18(24)23(17)11-13/h2-8,13,15H,9-12H2,1H3,(H,21,25,27)/t13-,15?/m0/s1.